The van der Waals surface area contributed by atoms with Crippen molar-refractivity contribution in [1.82, 2.24) is 4.98 Å². The van der Waals surface area contributed by atoms with Gasteiger partial charge in [0.2, 0.25) is 5.88 Å². The molecule has 116 valence electrons. The van der Waals surface area contributed by atoms with Crippen LogP contribution in [0, 0.1) is 0 Å². The summed E-state index contributed by atoms with van der Waals surface area (Å²) >= 11 is 1.42. The predicted octanol–water partition coefficient (Wildman–Crippen LogP) is 4.66. The Morgan fingerprint density at radius 2 is 1.83 bits per heavy atom. The van der Waals surface area contributed by atoms with Crippen LogP contribution in [0.5, 0.6) is 5.88 Å². The smallest absolute Gasteiger partial charge is 0.277 e. The van der Waals surface area contributed by atoms with Crippen molar-refractivity contribution < 1.29 is 9.90 Å². The van der Waals surface area contributed by atoms with E-state index in [0.717, 1.165) is 15.8 Å². The molecule has 0 fully saturated rings. The van der Waals surface area contributed by atoms with Gasteiger partial charge in [-0.2, -0.15) is 0 Å². The average molecular weight is 325 g/mol. The molecule has 0 aliphatic heterocycles. The Morgan fingerprint density at radius 1 is 1.13 bits per heavy atom. The number of rotatable bonds is 4. The minimum absolute atomic E-state index is 0.0916. The predicted molar refractivity (Wildman–Crippen MR) is 91.2 cm³/mol. The van der Waals surface area contributed by atoms with Gasteiger partial charge in [0.25, 0.3) is 5.91 Å². The van der Waals surface area contributed by atoms with Crippen LogP contribution in [0.25, 0.3) is 10.9 Å². The van der Waals surface area contributed by atoms with Crippen LogP contribution in [0.2, 0.25) is 0 Å². The Balaban J connectivity index is 1.76. The monoisotopic (exact) mass is 325 g/mol. The lowest BCUT2D eigenvalue weighted by atomic mass is 10.2. The normalized spacial score (nSPS) is 12.7. The fourth-order valence-electron chi connectivity index (χ4n) is 2.15. The summed E-state index contributed by atoms with van der Waals surface area (Å²) in [7, 11) is 0. The van der Waals surface area contributed by atoms with Crippen molar-refractivity contribution in [3.63, 3.8) is 0 Å². The van der Waals surface area contributed by atoms with Crippen LogP contribution in [-0.2, 0) is 4.79 Å². The van der Waals surface area contributed by atoms with Gasteiger partial charge in [-0.25, -0.2) is 0 Å². The summed E-state index contributed by atoms with van der Waals surface area (Å²) < 4.78 is 0. The topological polar surface area (TPSA) is 77.8 Å². The van der Waals surface area contributed by atoms with Gasteiger partial charge in [0.05, 0.1) is 10.8 Å². The van der Waals surface area contributed by atoms with Crippen LogP contribution < -0.4 is 0 Å². The summed E-state index contributed by atoms with van der Waals surface area (Å²) in [6.07, 6.45) is 0. The van der Waals surface area contributed by atoms with Gasteiger partial charge in [-0.1, -0.05) is 36.4 Å². The van der Waals surface area contributed by atoms with Crippen LogP contribution in [0.4, 0.5) is 5.69 Å². The first kappa shape index (κ1) is 15.3. The molecule has 0 unspecified atom stereocenters. The lowest BCUT2D eigenvalue weighted by Crippen LogP contribution is -2.09. The molecule has 2 aromatic carbocycles. The van der Waals surface area contributed by atoms with Crippen LogP contribution in [-0.4, -0.2) is 21.2 Å². The summed E-state index contributed by atoms with van der Waals surface area (Å²) in [6.45, 7) is 1.79. The lowest BCUT2D eigenvalue weighted by molar-refractivity contribution is -0.117. The molecule has 0 aliphatic carbocycles. The molecule has 0 radical (unpaired) electrons. The largest absolute Gasteiger partial charge is 0.493 e. The number of nitrogens with one attached hydrogen (secondary N) is 1. The van der Waals surface area contributed by atoms with E-state index in [9.17, 15) is 9.90 Å². The van der Waals surface area contributed by atoms with E-state index in [1.165, 1.54) is 11.8 Å². The number of thioether (sulfide) groups is 1. The van der Waals surface area contributed by atoms with E-state index in [4.69, 9.17) is 0 Å². The van der Waals surface area contributed by atoms with Gasteiger partial charge in [0, 0.05) is 10.3 Å². The molecular formula is C17H15N3O2S. The van der Waals surface area contributed by atoms with Gasteiger partial charge < -0.3 is 10.1 Å². The van der Waals surface area contributed by atoms with Gasteiger partial charge >= 0.3 is 0 Å². The lowest BCUT2D eigenvalue weighted by Gasteiger charge is -2.05. The molecule has 1 aromatic heterocycles. The first-order chi connectivity index (χ1) is 11.1. The second kappa shape index (κ2) is 6.66. The number of para-hydroxylation sites is 1. The molecule has 0 saturated carbocycles. The maximum Gasteiger partial charge on any atom is 0.277 e. The Kier molecular flexibility index (Phi) is 4.43. The number of aromatic amines is 1. The molecular weight excluding hydrogens is 310 g/mol. The van der Waals surface area contributed by atoms with Gasteiger partial charge in [0.1, 0.15) is 0 Å². The Labute approximate surface area is 137 Å². The number of amides is 1. The number of benzene rings is 2. The standard InChI is InChI=1S/C17H15N3O2S/c1-11(23-12-7-3-2-4-8-12)16(21)20-19-15-13-9-5-6-10-14(13)18-17(15)22/h2-11,18,22H,1H3/t11-/m1/s1. The second-order valence-corrected chi connectivity index (χ2v) is 6.39. The van der Waals surface area contributed by atoms with Crippen LogP contribution >= 0.6 is 11.8 Å². The number of aromatic nitrogens is 1. The summed E-state index contributed by atoms with van der Waals surface area (Å²) in [5.41, 5.74) is 1.03. The molecule has 0 aliphatic rings. The highest BCUT2D eigenvalue weighted by Crippen LogP contribution is 2.35. The Bertz CT molecular complexity index is 859. The van der Waals surface area contributed by atoms with Crippen molar-refractivity contribution in [1.29, 1.82) is 0 Å². The third kappa shape index (κ3) is 3.43. The average Bonchev–Trinajstić information content (AvgIpc) is 2.88. The van der Waals surface area contributed by atoms with Gasteiger partial charge in [-0.15, -0.1) is 22.0 Å². The highest BCUT2D eigenvalue weighted by molar-refractivity contribution is 8.00. The number of hydrogen-bond acceptors (Lipinski definition) is 4. The summed E-state index contributed by atoms with van der Waals surface area (Å²) in [4.78, 5) is 15.9. The van der Waals surface area contributed by atoms with E-state index in [1.54, 1.807) is 6.92 Å². The van der Waals surface area contributed by atoms with E-state index in [1.807, 2.05) is 54.6 Å². The number of carbonyl (C=O) groups is 1. The molecule has 1 atom stereocenters. The summed E-state index contributed by atoms with van der Waals surface area (Å²) in [5.74, 6) is -0.436. The van der Waals surface area contributed by atoms with E-state index in [-0.39, 0.29) is 22.7 Å². The molecule has 2 N–H and O–H groups in total. The molecule has 3 rings (SSSR count). The van der Waals surface area contributed by atoms with E-state index < -0.39 is 0 Å². The number of H-pyrrole nitrogens is 1. The van der Waals surface area contributed by atoms with Crippen molar-refractivity contribution in [3.05, 3.63) is 54.6 Å². The van der Waals surface area contributed by atoms with Crippen molar-refractivity contribution in [2.75, 3.05) is 0 Å². The second-order valence-electron chi connectivity index (χ2n) is 4.98. The van der Waals surface area contributed by atoms with Gasteiger partial charge in [-0.05, 0) is 25.1 Å². The Morgan fingerprint density at radius 3 is 2.61 bits per heavy atom. The third-order valence-corrected chi connectivity index (χ3v) is 4.41. The molecule has 3 aromatic rings. The fraction of sp³-hybridized carbons (Fsp3) is 0.118. The van der Waals surface area contributed by atoms with E-state index >= 15 is 0 Å². The molecule has 0 saturated heterocycles. The first-order valence-corrected chi connectivity index (χ1v) is 8.00. The molecule has 5 nitrogen and oxygen atoms in total. The minimum atomic E-state index is -0.353. The van der Waals surface area contributed by atoms with Crippen molar-refractivity contribution >= 4 is 34.3 Å². The zero-order chi connectivity index (χ0) is 16.2. The number of aromatic hydroxyl groups is 1. The quantitative estimate of drug-likeness (QED) is 0.541. The highest BCUT2D eigenvalue weighted by Gasteiger charge is 2.15. The first-order valence-electron chi connectivity index (χ1n) is 7.12. The van der Waals surface area contributed by atoms with Crippen molar-refractivity contribution in [2.45, 2.75) is 17.1 Å². The molecule has 1 amide bonds. The zero-order valence-electron chi connectivity index (χ0n) is 12.4. The molecule has 6 heteroatoms. The zero-order valence-corrected chi connectivity index (χ0v) is 13.2. The maximum absolute atomic E-state index is 12.1. The maximum atomic E-state index is 12.1. The van der Waals surface area contributed by atoms with Crippen molar-refractivity contribution in [3.8, 4) is 5.88 Å². The third-order valence-electron chi connectivity index (χ3n) is 3.31. The Hall–Kier alpha value is -2.60. The SMILES string of the molecule is C[C@@H](Sc1ccccc1)C(=O)N=Nc1c(O)[nH]c2ccccc12. The minimum Gasteiger partial charge on any atom is -0.493 e. The number of nitrogens with zero attached hydrogens (tertiary/aromatic N) is 2. The van der Waals surface area contributed by atoms with Crippen LogP contribution in [0.15, 0.2) is 69.7 Å². The molecule has 0 spiro atoms. The van der Waals surface area contributed by atoms with Crippen LogP contribution in [0.3, 0.4) is 0 Å². The van der Waals surface area contributed by atoms with Gasteiger partial charge in [-0.3, -0.25) is 4.79 Å². The number of carbonyl (C=O) groups excluding carboxylic acids is 1. The van der Waals surface area contributed by atoms with E-state index in [0.29, 0.717) is 0 Å². The highest BCUT2D eigenvalue weighted by atomic mass is 32.2. The molecule has 1 heterocycles. The van der Waals surface area contributed by atoms with Gasteiger partial charge in [0.15, 0.2) is 5.69 Å². The molecule has 0 bridgehead atoms. The van der Waals surface area contributed by atoms with Crippen LogP contribution in [0.1, 0.15) is 6.92 Å². The number of fused-ring (bicyclic) bond motifs is 1. The summed E-state index contributed by atoms with van der Waals surface area (Å²) in [5, 5.41) is 18.0. The summed E-state index contributed by atoms with van der Waals surface area (Å²) in [6, 6.07) is 17.0. The van der Waals surface area contributed by atoms with Crippen molar-refractivity contribution in [2.24, 2.45) is 10.2 Å². The molecule has 23 heavy (non-hydrogen) atoms. The number of hydrogen-bond donors (Lipinski definition) is 2. The van der Waals surface area contributed by atoms with E-state index in [2.05, 4.69) is 15.2 Å². The number of azo groups is 1. The fourth-order valence-corrected chi connectivity index (χ4v) is 3.02.